The molecule has 0 saturated heterocycles. The van der Waals surface area contributed by atoms with Crippen molar-refractivity contribution in [3.05, 3.63) is 72.1 Å². The van der Waals surface area contributed by atoms with Gasteiger partial charge >= 0.3 is 0 Å². The number of hydrogen-bond acceptors (Lipinski definition) is 5. The van der Waals surface area contributed by atoms with E-state index in [0.717, 1.165) is 29.3 Å². The second-order valence-corrected chi connectivity index (χ2v) is 7.56. The van der Waals surface area contributed by atoms with Crippen molar-refractivity contribution in [1.82, 2.24) is 9.97 Å². The lowest BCUT2D eigenvalue weighted by molar-refractivity contribution is 0.0910. The van der Waals surface area contributed by atoms with Crippen LogP contribution in [-0.2, 0) is 6.42 Å². The quantitative estimate of drug-likeness (QED) is 0.696. The van der Waals surface area contributed by atoms with Crippen molar-refractivity contribution in [2.24, 2.45) is 5.41 Å². The van der Waals surface area contributed by atoms with Crippen molar-refractivity contribution in [1.29, 1.82) is 0 Å². The fourth-order valence-electron chi connectivity index (χ4n) is 3.25. The number of nitrogens with one attached hydrogen (secondary N) is 1. The van der Waals surface area contributed by atoms with Crippen LogP contribution in [0.5, 0.6) is 11.5 Å². The molecule has 0 bridgehead atoms. The molecule has 5 heteroatoms. The van der Waals surface area contributed by atoms with Crippen LogP contribution in [0, 0.1) is 5.41 Å². The predicted octanol–water partition coefficient (Wildman–Crippen LogP) is 5.17. The fourth-order valence-corrected chi connectivity index (χ4v) is 3.25. The van der Waals surface area contributed by atoms with Crippen LogP contribution in [0.4, 0.5) is 11.6 Å². The molecule has 1 aliphatic rings. The monoisotopic (exact) mass is 359 g/mol. The first-order valence-electron chi connectivity index (χ1n) is 8.98. The van der Waals surface area contributed by atoms with Gasteiger partial charge in [-0.3, -0.25) is 4.79 Å². The Morgan fingerprint density at radius 3 is 2.41 bits per heavy atom. The maximum atomic E-state index is 12.2. The van der Waals surface area contributed by atoms with E-state index in [4.69, 9.17) is 4.74 Å². The number of ether oxygens (including phenoxy) is 1. The van der Waals surface area contributed by atoms with E-state index in [-0.39, 0.29) is 11.2 Å². The van der Waals surface area contributed by atoms with Crippen LogP contribution in [0.1, 0.15) is 36.3 Å². The summed E-state index contributed by atoms with van der Waals surface area (Å²) in [6, 6.07) is 17.3. The van der Waals surface area contributed by atoms with Crippen LogP contribution in [0.2, 0.25) is 0 Å². The van der Waals surface area contributed by atoms with Crippen molar-refractivity contribution >= 4 is 17.4 Å². The molecule has 1 N–H and O–H groups in total. The zero-order chi connectivity index (χ0) is 18.9. The van der Waals surface area contributed by atoms with Gasteiger partial charge in [0.1, 0.15) is 11.5 Å². The summed E-state index contributed by atoms with van der Waals surface area (Å²) in [5.74, 6) is 2.17. The minimum absolute atomic E-state index is 0.0634. The molecule has 1 heterocycles. The van der Waals surface area contributed by atoms with Crippen molar-refractivity contribution in [3.8, 4) is 11.5 Å². The maximum absolute atomic E-state index is 12.2. The molecule has 2 aromatic carbocycles. The molecule has 0 fully saturated rings. The SMILES string of the molecule is CC1(C)CC(=O)c2cnc(Nc3ccc(Oc4ccccc4)cc3)nc2C1. The number of hydrogen-bond donors (Lipinski definition) is 1. The van der Waals surface area contributed by atoms with E-state index >= 15 is 0 Å². The molecule has 0 saturated carbocycles. The predicted molar refractivity (Wildman–Crippen MR) is 105 cm³/mol. The number of Topliss-reactive ketones (excluding diaryl/α,β-unsaturated/α-hetero) is 1. The van der Waals surface area contributed by atoms with Gasteiger partial charge in [-0.2, -0.15) is 0 Å². The Kier molecular flexibility index (Phi) is 4.36. The zero-order valence-electron chi connectivity index (χ0n) is 15.4. The van der Waals surface area contributed by atoms with E-state index < -0.39 is 0 Å². The number of carbonyl (C=O) groups is 1. The molecule has 0 aliphatic heterocycles. The van der Waals surface area contributed by atoms with Crippen LogP contribution in [0.25, 0.3) is 0 Å². The van der Waals surface area contributed by atoms with Crippen molar-refractivity contribution < 1.29 is 9.53 Å². The lowest BCUT2D eigenvalue weighted by Gasteiger charge is -2.29. The summed E-state index contributed by atoms with van der Waals surface area (Å²) in [7, 11) is 0. The van der Waals surface area contributed by atoms with E-state index in [9.17, 15) is 4.79 Å². The molecule has 1 aromatic heterocycles. The van der Waals surface area contributed by atoms with Crippen LogP contribution in [0.3, 0.4) is 0 Å². The van der Waals surface area contributed by atoms with Crippen molar-refractivity contribution in [2.45, 2.75) is 26.7 Å². The molecule has 0 radical (unpaired) electrons. The van der Waals surface area contributed by atoms with Crippen LogP contribution >= 0.6 is 0 Å². The van der Waals surface area contributed by atoms with Crippen molar-refractivity contribution in [2.75, 3.05) is 5.32 Å². The van der Waals surface area contributed by atoms with Gasteiger partial charge in [-0.25, -0.2) is 9.97 Å². The van der Waals surface area contributed by atoms with Gasteiger partial charge in [0, 0.05) is 18.3 Å². The largest absolute Gasteiger partial charge is 0.457 e. The second kappa shape index (κ2) is 6.83. The van der Waals surface area contributed by atoms with E-state index in [1.54, 1.807) is 6.20 Å². The van der Waals surface area contributed by atoms with Crippen LogP contribution in [0.15, 0.2) is 60.8 Å². The molecular weight excluding hydrogens is 338 g/mol. The summed E-state index contributed by atoms with van der Waals surface area (Å²) in [4.78, 5) is 21.1. The molecule has 0 atom stereocenters. The molecule has 0 unspecified atom stereocenters. The highest BCUT2D eigenvalue weighted by atomic mass is 16.5. The Morgan fingerprint density at radius 2 is 1.67 bits per heavy atom. The highest BCUT2D eigenvalue weighted by Gasteiger charge is 2.32. The van der Waals surface area contributed by atoms with E-state index in [0.29, 0.717) is 17.9 Å². The topological polar surface area (TPSA) is 64.1 Å². The molecule has 3 aromatic rings. The lowest BCUT2D eigenvalue weighted by Crippen LogP contribution is -2.28. The lowest BCUT2D eigenvalue weighted by atomic mass is 9.76. The van der Waals surface area contributed by atoms with E-state index in [1.807, 2.05) is 54.6 Å². The highest BCUT2D eigenvalue weighted by Crippen LogP contribution is 2.34. The average Bonchev–Trinajstić information content (AvgIpc) is 2.63. The molecule has 27 heavy (non-hydrogen) atoms. The van der Waals surface area contributed by atoms with Gasteiger partial charge < -0.3 is 10.1 Å². The zero-order valence-corrected chi connectivity index (χ0v) is 15.4. The minimum Gasteiger partial charge on any atom is -0.457 e. The first kappa shape index (κ1) is 17.2. The Morgan fingerprint density at radius 1 is 0.963 bits per heavy atom. The first-order chi connectivity index (χ1) is 13.0. The number of carbonyl (C=O) groups excluding carboxylic acids is 1. The molecule has 0 amide bonds. The number of anilines is 2. The van der Waals surface area contributed by atoms with Gasteiger partial charge in [-0.05, 0) is 48.2 Å². The summed E-state index contributed by atoms with van der Waals surface area (Å²) in [5.41, 5.74) is 2.26. The summed E-state index contributed by atoms with van der Waals surface area (Å²) >= 11 is 0. The number of fused-ring (bicyclic) bond motifs is 1. The number of para-hydroxylation sites is 1. The molecule has 0 spiro atoms. The summed E-state index contributed by atoms with van der Waals surface area (Å²) < 4.78 is 5.80. The molecule has 1 aliphatic carbocycles. The molecule has 4 rings (SSSR count). The number of benzene rings is 2. The van der Waals surface area contributed by atoms with E-state index in [1.165, 1.54) is 0 Å². The smallest absolute Gasteiger partial charge is 0.227 e. The summed E-state index contributed by atoms with van der Waals surface area (Å²) in [6.07, 6.45) is 2.95. The Hall–Kier alpha value is -3.21. The van der Waals surface area contributed by atoms with Gasteiger partial charge in [-0.1, -0.05) is 32.0 Å². The third-order valence-electron chi connectivity index (χ3n) is 4.54. The third-order valence-corrected chi connectivity index (χ3v) is 4.54. The maximum Gasteiger partial charge on any atom is 0.227 e. The van der Waals surface area contributed by atoms with Gasteiger partial charge in [0.2, 0.25) is 5.95 Å². The van der Waals surface area contributed by atoms with Gasteiger partial charge in [0.15, 0.2) is 5.78 Å². The van der Waals surface area contributed by atoms with Gasteiger partial charge in [0.05, 0.1) is 11.3 Å². The molecule has 5 nitrogen and oxygen atoms in total. The van der Waals surface area contributed by atoms with Crippen molar-refractivity contribution in [3.63, 3.8) is 0 Å². The highest BCUT2D eigenvalue weighted by molar-refractivity contribution is 5.98. The Balaban J connectivity index is 1.49. The second-order valence-electron chi connectivity index (χ2n) is 7.56. The summed E-state index contributed by atoms with van der Waals surface area (Å²) in [6.45, 7) is 4.18. The van der Waals surface area contributed by atoms with E-state index in [2.05, 4.69) is 29.1 Å². The van der Waals surface area contributed by atoms with Gasteiger partial charge in [0.25, 0.3) is 0 Å². The Bertz CT molecular complexity index is 967. The third kappa shape index (κ3) is 3.97. The van der Waals surface area contributed by atoms with Crippen LogP contribution in [-0.4, -0.2) is 15.8 Å². The number of ketones is 1. The summed E-state index contributed by atoms with van der Waals surface area (Å²) in [5, 5.41) is 3.20. The average molecular weight is 359 g/mol. The normalized spacial score (nSPS) is 15.1. The van der Waals surface area contributed by atoms with Gasteiger partial charge in [-0.15, -0.1) is 0 Å². The number of aromatic nitrogens is 2. The van der Waals surface area contributed by atoms with Crippen LogP contribution < -0.4 is 10.1 Å². The molecular formula is C22H21N3O2. The Labute approximate surface area is 158 Å². The number of nitrogens with zero attached hydrogens (tertiary/aromatic N) is 2. The minimum atomic E-state index is -0.0634. The first-order valence-corrected chi connectivity index (χ1v) is 8.98. The molecule has 136 valence electrons. The number of rotatable bonds is 4. The fraction of sp³-hybridized carbons (Fsp3) is 0.227. The standard InChI is InChI=1S/C22H21N3O2/c1-22(2)12-19-18(20(26)13-22)14-23-21(25-19)24-15-8-10-17(11-9-15)27-16-6-4-3-5-7-16/h3-11,14H,12-13H2,1-2H3,(H,23,24,25).